The van der Waals surface area contributed by atoms with E-state index in [1.165, 1.54) is 37.1 Å². The number of halogens is 1. The summed E-state index contributed by atoms with van der Waals surface area (Å²) >= 11 is 0. The number of phenols is 1. The minimum atomic E-state index is -0.618. The summed E-state index contributed by atoms with van der Waals surface area (Å²) in [7, 11) is 0. The second kappa shape index (κ2) is 8.43. The van der Waals surface area contributed by atoms with E-state index in [4.69, 9.17) is 15.6 Å². The molecule has 4 heterocycles. The number of hydrogen-bond acceptors (Lipinski definition) is 8. The highest BCUT2D eigenvalue weighted by molar-refractivity contribution is 6.03. The maximum absolute atomic E-state index is 14.7. The Labute approximate surface area is 217 Å². The van der Waals surface area contributed by atoms with Crippen molar-refractivity contribution in [1.82, 2.24) is 14.9 Å². The third kappa shape index (κ3) is 3.59. The Morgan fingerprint density at radius 1 is 1.18 bits per heavy atom. The number of aromatic hydroxyl groups is 1. The van der Waals surface area contributed by atoms with Gasteiger partial charge in [-0.1, -0.05) is 12.0 Å². The van der Waals surface area contributed by atoms with Gasteiger partial charge in [0.2, 0.25) is 0 Å². The second-order valence-electron chi connectivity index (χ2n) is 10.3. The van der Waals surface area contributed by atoms with Crippen molar-refractivity contribution in [1.29, 1.82) is 0 Å². The van der Waals surface area contributed by atoms with Crippen molar-refractivity contribution in [2.75, 3.05) is 31.1 Å². The number of hydrogen-bond donors (Lipinski definition) is 1. The van der Waals surface area contributed by atoms with E-state index in [1.807, 2.05) is 4.90 Å². The first-order chi connectivity index (χ1) is 18.4. The van der Waals surface area contributed by atoms with Gasteiger partial charge in [0.1, 0.15) is 28.8 Å². The van der Waals surface area contributed by atoms with E-state index < -0.39 is 11.4 Å². The van der Waals surface area contributed by atoms with E-state index in [-0.39, 0.29) is 34.6 Å². The topological polar surface area (TPSA) is 91.9 Å². The molecule has 8 nitrogen and oxygen atoms in total. The largest absolute Gasteiger partial charge is 0.508 e. The highest BCUT2D eigenvalue weighted by Gasteiger charge is 2.39. The zero-order chi connectivity index (χ0) is 26.1. The maximum Gasteiger partial charge on any atom is 0.349 e. The first-order valence-corrected chi connectivity index (χ1v) is 12.8. The molecule has 2 aromatic carbocycles. The van der Waals surface area contributed by atoms with E-state index in [0.29, 0.717) is 39.3 Å². The number of phenolic OH excluding ortho intramolecular Hbond substituents is 1. The summed E-state index contributed by atoms with van der Waals surface area (Å²) in [4.78, 5) is 27.2. The van der Waals surface area contributed by atoms with Crippen molar-refractivity contribution in [2.24, 2.45) is 0 Å². The fourth-order valence-electron chi connectivity index (χ4n) is 5.46. The lowest BCUT2D eigenvalue weighted by molar-refractivity contribution is 0.00887. The van der Waals surface area contributed by atoms with Gasteiger partial charge in [0.05, 0.1) is 11.1 Å². The number of likely N-dealkylation sites (tertiary alicyclic amines) is 1. The van der Waals surface area contributed by atoms with Crippen LogP contribution in [0, 0.1) is 25.1 Å². The number of anilines is 1. The summed E-state index contributed by atoms with van der Waals surface area (Å²) < 4.78 is 26.7. The van der Waals surface area contributed by atoms with Crippen LogP contribution in [0.15, 0.2) is 33.5 Å². The van der Waals surface area contributed by atoms with Crippen LogP contribution in [0.3, 0.4) is 0 Å². The quantitative estimate of drug-likeness (QED) is 0.402. The van der Waals surface area contributed by atoms with Crippen LogP contribution in [0.1, 0.15) is 30.4 Å². The van der Waals surface area contributed by atoms with E-state index in [0.717, 1.165) is 32.6 Å². The van der Waals surface area contributed by atoms with Gasteiger partial charge >= 0.3 is 11.6 Å². The minimum absolute atomic E-state index is 0.00614. The Bertz CT molecular complexity index is 1730. The van der Waals surface area contributed by atoms with Gasteiger partial charge < -0.3 is 19.2 Å². The van der Waals surface area contributed by atoms with Gasteiger partial charge in [0.25, 0.3) is 0 Å². The molecular formula is C29H25FN4O4. The number of fused-ring (bicyclic) bond motifs is 2. The predicted molar refractivity (Wildman–Crippen MR) is 141 cm³/mol. The van der Waals surface area contributed by atoms with E-state index in [9.17, 15) is 14.3 Å². The average Bonchev–Trinajstić information content (AvgIpc) is 3.67. The monoisotopic (exact) mass is 512 g/mol. The van der Waals surface area contributed by atoms with Crippen molar-refractivity contribution in [3.63, 3.8) is 0 Å². The Hall–Kier alpha value is -4.16. The van der Waals surface area contributed by atoms with Crippen LogP contribution in [-0.2, 0) is 0 Å². The summed E-state index contributed by atoms with van der Waals surface area (Å²) in [5.74, 6) is 2.42. The Morgan fingerprint density at radius 3 is 2.66 bits per heavy atom. The van der Waals surface area contributed by atoms with Crippen LogP contribution in [-0.4, -0.2) is 58.3 Å². The first kappa shape index (κ1) is 23.0. The number of nitrogens with zero attached hydrogens (tertiary/aromatic N) is 4. The van der Waals surface area contributed by atoms with Crippen molar-refractivity contribution in [3.8, 4) is 35.4 Å². The van der Waals surface area contributed by atoms with Gasteiger partial charge in [-0.05, 0) is 49.8 Å². The number of aryl methyl sites for hydroxylation is 1. The first-order valence-electron chi connectivity index (χ1n) is 12.8. The highest BCUT2D eigenvalue weighted by Crippen LogP contribution is 2.40. The van der Waals surface area contributed by atoms with Gasteiger partial charge in [-0.2, -0.15) is 9.97 Å². The summed E-state index contributed by atoms with van der Waals surface area (Å²) in [6.45, 7) is 4.99. The molecule has 38 heavy (non-hydrogen) atoms. The van der Waals surface area contributed by atoms with E-state index in [1.54, 1.807) is 6.92 Å². The van der Waals surface area contributed by atoms with Crippen molar-refractivity contribution < 1.29 is 18.7 Å². The molecule has 0 atom stereocenters. The van der Waals surface area contributed by atoms with Crippen LogP contribution in [0.25, 0.3) is 33.0 Å². The third-order valence-electron chi connectivity index (χ3n) is 7.77. The molecule has 3 aliphatic rings. The molecule has 9 heteroatoms. The third-order valence-corrected chi connectivity index (χ3v) is 7.77. The van der Waals surface area contributed by atoms with E-state index in [2.05, 4.69) is 20.8 Å². The molecule has 1 saturated carbocycles. The molecule has 0 spiro atoms. The molecule has 0 bridgehead atoms. The van der Waals surface area contributed by atoms with Crippen LogP contribution < -0.4 is 15.3 Å². The van der Waals surface area contributed by atoms with Crippen LogP contribution >= 0.6 is 0 Å². The lowest BCUT2D eigenvalue weighted by Crippen LogP contribution is -2.54. The predicted octanol–water partition coefficient (Wildman–Crippen LogP) is 3.97. The Balaban J connectivity index is 1.42. The molecular weight excluding hydrogens is 487 g/mol. The molecule has 192 valence electrons. The van der Waals surface area contributed by atoms with Gasteiger partial charge in [0.15, 0.2) is 5.82 Å². The molecule has 0 radical (unpaired) electrons. The minimum Gasteiger partial charge on any atom is -0.508 e. The number of ether oxygens (including phenoxy) is 1. The standard InChI is InChI=1S/C29H25FN4O4/c1-3-20-22(30)8-5-16-11-18(35)12-21(23(16)20)26-15(2)25-24(28(36)38-26)27(33-9-4-10-33)32-29(31-25)37-19-13-34(14-19)17-6-7-17/h1,5,8,11-12,17,19,35H,4,6-7,9-10,13-14H2,2H3. The van der Waals surface area contributed by atoms with Gasteiger partial charge in [-0.25, -0.2) is 9.18 Å². The normalized spacial score (nSPS) is 17.9. The molecule has 2 aliphatic heterocycles. The fraction of sp³-hybridized carbons (Fsp3) is 0.345. The smallest absolute Gasteiger partial charge is 0.349 e. The fourth-order valence-corrected chi connectivity index (χ4v) is 5.46. The summed E-state index contributed by atoms with van der Waals surface area (Å²) in [6.07, 6.45) is 9.14. The molecule has 3 fully saturated rings. The van der Waals surface area contributed by atoms with Gasteiger partial charge in [-0.15, -0.1) is 6.42 Å². The summed E-state index contributed by atoms with van der Waals surface area (Å²) in [6, 6.07) is 6.60. The lowest BCUT2D eigenvalue weighted by atomic mass is 9.95. The molecule has 0 amide bonds. The molecule has 1 N–H and O–H groups in total. The second-order valence-corrected chi connectivity index (χ2v) is 10.3. The number of terminal acetylenes is 1. The van der Waals surface area contributed by atoms with Crippen LogP contribution in [0.5, 0.6) is 11.8 Å². The van der Waals surface area contributed by atoms with E-state index >= 15 is 0 Å². The Kier molecular flexibility index (Phi) is 5.10. The van der Waals surface area contributed by atoms with Crippen LogP contribution in [0.4, 0.5) is 10.2 Å². The van der Waals surface area contributed by atoms with Gasteiger partial charge in [0, 0.05) is 48.7 Å². The molecule has 2 saturated heterocycles. The SMILES string of the molecule is C#Cc1c(F)ccc2cc(O)cc(-c3oc(=O)c4c(N5CCC5)nc(OC5CN(C6CC6)C5)nc4c3C)c12. The van der Waals surface area contributed by atoms with Crippen LogP contribution in [0.2, 0.25) is 0 Å². The summed E-state index contributed by atoms with van der Waals surface area (Å²) in [5, 5.41) is 11.6. The molecule has 0 unspecified atom stereocenters. The van der Waals surface area contributed by atoms with Crippen molar-refractivity contribution in [3.05, 3.63) is 51.6 Å². The number of rotatable bonds is 5. The molecule has 4 aromatic rings. The highest BCUT2D eigenvalue weighted by atomic mass is 19.1. The summed E-state index contributed by atoms with van der Waals surface area (Å²) in [5.41, 5.74) is 0.665. The molecule has 1 aliphatic carbocycles. The maximum atomic E-state index is 14.7. The Morgan fingerprint density at radius 2 is 1.97 bits per heavy atom. The zero-order valence-corrected chi connectivity index (χ0v) is 20.8. The molecule has 7 rings (SSSR count). The number of aromatic nitrogens is 2. The lowest BCUT2D eigenvalue weighted by Gasteiger charge is -2.38. The van der Waals surface area contributed by atoms with Gasteiger partial charge in [-0.3, -0.25) is 4.90 Å². The molecule has 2 aromatic heterocycles. The number of benzene rings is 2. The van der Waals surface area contributed by atoms with Crippen molar-refractivity contribution >= 4 is 27.5 Å². The average molecular weight is 513 g/mol. The van der Waals surface area contributed by atoms with Crippen molar-refractivity contribution in [2.45, 2.75) is 38.3 Å². The zero-order valence-electron chi connectivity index (χ0n) is 20.8.